The fourth-order valence-electron chi connectivity index (χ4n) is 1.67. The van der Waals surface area contributed by atoms with E-state index in [4.69, 9.17) is 10.5 Å². The molecule has 0 saturated heterocycles. The average Bonchev–Trinajstić information content (AvgIpc) is 2.56. The number of fused-ring (bicyclic) bond motifs is 1. The van der Waals surface area contributed by atoms with Crippen molar-refractivity contribution < 1.29 is 4.74 Å². The Morgan fingerprint density at radius 3 is 2.82 bits per heavy atom. The summed E-state index contributed by atoms with van der Waals surface area (Å²) in [5.74, 6) is 0.905. The lowest BCUT2D eigenvalue weighted by Crippen LogP contribution is -2.34. The fourth-order valence-corrected chi connectivity index (χ4v) is 2.91. The van der Waals surface area contributed by atoms with Gasteiger partial charge in [0.25, 0.3) is 0 Å². The van der Waals surface area contributed by atoms with Crippen LogP contribution in [-0.2, 0) is 6.42 Å². The molecule has 0 atom stereocenters. The summed E-state index contributed by atoms with van der Waals surface area (Å²) < 4.78 is 6.64. The smallest absolute Gasteiger partial charge is 0.120 e. The maximum Gasteiger partial charge on any atom is 0.120 e. The van der Waals surface area contributed by atoms with E-state index in [0.29, 0.717) is 6.61 Å². The first-order valence-electron chi connectivity index (χ1n) is 5.79. The van der Waals surface area contributed by atoms with Gasteiger partial charge in [-0.15, -0.1) is 11.3 Å². The topological polar surface area (TPSA) is 48.1 Å². The third kappa shape index (κ3) is 3.17. The number of nitrogens with two attached hydrogens (primary N) is 1. The van der Waals surface area contributed by atoms with Crippen molar-refractivity contribution in [2.24, 2.45) is 5.73 Å². The van der Waals surface area contributed by atoms with Crippen molar-refractivity contribution in [2.45, 2.75) is 32.7 Å². The number of thiazole rings is 1. The van der Waals surface area contributed by atoms with E-state index >= 15 is 0 Å². The molecular weight excluding hydrogens is 232 g/mol. The Kier molecular flexibility index (Phi) is 3.35. The summed E-state index contributed by atoms with van der Waals surface area (Å²) in [4.78, 5) is 4.58. The molecule has 1 aromatic carbocycles. The molecule has 0 spiro atoms. The minimum Gasteiger partial charge on any atom is -0.494 e. The summed E-state index contributed by atoms with van der Waals surface area (Å²) in [5, 5.41) is 1.08. The molecule has 4 heteroatoms. The Labute approximate surface area is 106 Å². The maximum atomic E-state index is 6.01. The Morgan fingerprint density at radius 1 is 1.41 bits per heavy atom. The van der Waals surface area contributed by atoms with Crippen LogP contribution < -0.4 is 10.5 Å². The van der Waals surface area contributed by atoms with Crippen LogP contribution in [0.2, 0.25) is 0 Å². The first kappa shape index (κ1) is 12.3. The normalized spacial score (nSPS) is 12.0. The third-order valence-corrected chi connectivity index (χ3v) is 3.34. The standard InChI is InChI=1S/C13H18N2OS/c1-4-16-9-5-6-10-11(7-9)17-12(15-10)8-13(2,3)14/h5-7H,4,8,14H2,1-3H3. The van der Waals surface area contributed by atoms with E-state index < -0.39 is 0 Å². The number of hydrogen-bond donors (Lipinski definition) is 1. The second-order valence-electron chi connectivity index (χ2n) is 4.84. The van der Waals surface area contributed by atoms with E-state index in [9.17, 15) is 0 Å². The Bertz CT molecular complexity index is 514. The number of ether oxygens (including phenoxy) is 1. The van der Waals surface area contributed by atoms with E-state index in [-0.39, 0.29) is 5.54 Å². The van der Waals surface area contributed by atoms with Crippen molar-refractivity contribution in [1.82, 2.24) is 4.98 Å². The molecule has 17 heavy (non-hydrogen) atoms. The van der Waals surface area contributed by atoms with E-state index in [1.807, 2.05) is 39.0 Å². The summed E-state index contributed by atoms with van der Waals surface area (Å²) >= 11 is 1.69. The zero-order valence-electron chi connectivity index (χ0n) is 10.5. The molecule has 1 heterocycles. The highest BCUT2D eigenvalue weighted by Crippen LogP contribution is 2.27. The van der Waals surface area contributed by atoms with Crippen LogP contribution in [0.25, 0.3) is 10.2 Å². The predicted octanol–water partition coefficient (Wildman–Crippen LogP) is 2.97. The number of hydrogen-bond acceptors (Lipinski definition) is 4. The molecule has 3 nitrogen and oxygen atoms in total. The van der Waals surface area contributed by atoms with E-state index in [2.05, 4.69) is 4.98 Å². The van der Waals surface area contributed by atoms with Crippen LogP contribution in [0, 0.1) is 0 Å². The zero-order valence-corrected chi connectivity index (χ0v) is 11.3. The molecule has 92 valence electrons. The molecule has 0 fully saturated rings. The Balaban J connectivity index is 2.30. The van der Waals surface area contributed by atoms with Crippen LogP contribution in [0.5, 0.6) is 5.75 Å². The summed E-state index contributed by atoms with van der Waals surface area (Å²) in [7, 11) is 0. The molecule has 2 N–H and O–H groups in total. The van der Waals surface area contributed by atoms with Gasteiger partial charge >= 0.3 is 0 Å². The summed E-state index contributed by atoms with van der Waals surface area (Å²) in [5.41, 5.74) is 6.82. The van der Waals surface area contributed by atoms with Crippen LogP contribution in [0.15, 0.2) is 18.2 Å². The molecular formula is C13H18N2OS. The minimum absolute atomic E-state index is 0.212. The molecule has 1 aromatic heterocycles. The van der Waals surface area contributed by atoms with Gasteiger partial charge < -0.3 is 10.5 Å². The lowest BCUT2D eigenvalue weighted by atomic mass is 10.0. The van der Waals surface area contributed by atoms with E-state index in [1.165, 1.54) is 0 Å². The first-order valence-corrected chi connectivity index (χ1v) is 6.61. The first-order chi connectivity index (χ1) is 7.98. The highest BCUT2D eigenvalue weighted by Gasteiger charge is 2.15. The van der Waals surface area contributed by atoms with Crippen molar-refractivity contribution in [3.63, 3.8) is 0 Å². The molecule has 0 bridgehead atoms. The van der Waals surface area contributed by atoms with Crippen LogP contribution in [0.1, 0.15) is 25.8 Å². The molecule has 0 saturated carbocycles. The second kappa shape index (κ2) is 4.63. The molecule has 2 rings (SSSR count). The minimum atomic E-state index is -0.212. The number of aromatic nitrogens is 1. The molecule has 2 aromatic rings. The molecule has 0 unspecified atom stereocenters. The van der Waals surface area contributed by atoms with Gasteiger partial charge in [0.2, 0.25) is 0 Å². The third-order valence-electron chi connectivity index (χ3n) is 2.32. The van der Waals surface area contributed by atoms with E-state index in [0.717, 1.165) is 27.4 Å². The van der Waals surface area contributed by atoms with Crippen LogP contribution in [0.3, 0.4) is 0 Å². The van der Waals surface area contributed by atoms with Gasteiger partial charge in [0, 0.05) is 12.0 Å². The quantitative estimate of drug-likeness (QED) is 0.907. The molecule has 0 amide bonds. The maximum absolute atomic E-state index is 6.01. The highest BCUT2D eigenvalue weighted by molar-refractivity contribution is 7.18. The molecule has 0 aliphatic heterocycles. The van der Waals surface area contributed by atoms with Gasteiger partial charge in [-0.3, -0.25) is 0 Å². The van der Waals surface area contributed by atoms with Crippen LogP contribution in [-0.4, -0.2) is 17.1 Å². The van der Waals surface area contributed by atoms with Crippen LogP contribution >= 0.6 is 11.3 Å². The average molecular weight is 250 g/mol. The Morgan fingerprint density at radius 2 is 2.18 bits per heavy atom. The van der Waals surface area contributed by atoms with Gasteiger partial charge in [-0.2, -0.15) is 0 Å². The van der Waals surface area contributed by atoms with E-state index in [1.54, 1.807) is 11.3 Å². The lowest BCUT2D eigenvalue weighted by molar-refractivity contribution is 0.341. The van der Waals surface area contributed by atoms with Crippen molar-refractivity contribution in [3.8, 4) is 5.75 Å². The monoisotopic (exact) mass is 250 g/mol. The number of benzene rings is 1. The van der Waals surface area contributed by atoms with Crippen molar-refractivity contribution in [1.29, 1.82) is 0 Å². The number of nitrogens with zero attached hydrogens (tertiary/aromatic N) is 1. The zero-order chi connectivity index (χ0) is 12.5. The Hall–Kier alpha value is -1.13. The van der Waals surface area contributed by atoms with Crippen molar-refractivity contribution in [2.75, 3.05) is 6.61 Å². The lowest BCUT2D eigenvalue weighted by Gasteiger charge is -2.15. The number of rotatable bonds is 4. The predicted molar refractivity (Wildman–Crippen MR) is 72.8 cm³/mol. The fraction of sp³-hybridized carbons (Fsp3) is 0.462. The van der Waals surface area contributed by atoms with Crippen molar-refractivity contribution in [3.05, 3.63) is 23.2 Å². The van der Waals surface area contributed by atoms with Crippen LogP contribution in [0.4, 0.5) is 0 Å². The highest BCUT2D eigenvalue weighted by atomic mass is 32.1. The summed E-state index contributed by atoms with van der Waals surface area (Å²) in [6, 6.07) is 6.01. The summed E-state index contributed by atoms with van der Waals surface area (Å²) in [6.45, 7) is 6.71. The van der Waals surface area contributed by atoms with Gasteiger partial charge in [-0.1, -0.05) is 0 Å². The molecule has 0 aliphatic rings. The molecule has 0 radical (unpaired) electrons. The van der Waals surface area contributed by atoms with Gasteiger partial charge in [0.15, 0.2) is 0 Å². The summed E-state index contributed by atoms with van der Waals surface area (Å²) in [6.07, 6.45) is 0.802. The SMILES string of the molecule is CCOc1ccc2nc(CC(C)(C)N)sc2c1. The van der Waals surface area contributed by atoms with Gasteiger partial charge in [-0.25, -0.2) is 4.98 Å². The second-order valence-corrected chi connectivity index (χ2v) is 5.95. The molecule has 0 aliphatic carbocycles. The van der Waals surface area contributed by atoms with Gasteiger partial charge in [0.1, 0.15) is 5.75 Å². The van der Waals surface area contributed by atoms with Crippen molar-refractivity contribution >= 4 is 21.6 Å². The van der Waals surface area contributed by atoms with Gasteiger partial charge in [0.05, 0.1) is 21.8 Å². The largest absolute Gasteiger partial charge is 0.494 e. The van der Waals surface area contributed by atoms with Gasteiger partial charge in [-0.05, 0) is 39.0 Å².